The molecule has 1 fully saturated rings. The third-order valence-electron chi connectivity index (χ3n) is 12.8. The number of aryl methyl sites for hydroxylation is 1. The molecule has 30 nitrogen and oxygen atoms in total. The molecule has 31 heteroatoms. The van der Waals surface area contributed by atoms with Gasteiger partial charge in [-0.3, -0.25) is 43.3 Å². The second kappa shape index (κ2) is 33.3. The van der Waals surface area contributed by atoms with Crippen LogP contribution in [-0.2, 0) is 51.1 Å². The molecule has 444 valence electrons. The number of unbranched alkanes of at least 4 members (excludes halogenated alkanes) is 3. The minimum Gasteiger partial charge on any atom is -0.493 e. The molecule has 0 bridgehead atoms. The molecule has 3 heterocycles. The number of nitrogens with one attached hydrogen (secondary N) is 3. The Hall–Kier alpha value is -7.30. The van der Waals surface area contributed by atoms with Crippen molar-refractivity contribution >= 4 is 60.5 Å². The van der Waals surface area contributed by atoms with Crippen LogP contribution in [0, 0.1) is 10.1 Å². The summed E-state index contributed by atoms with van der Waals surface area (Å²) >= 11 is 0. The summed E-state index contributed by atoms with van der Waals surface area (Å²) in [5, 5.41) is 28.5. The highest BCUT2D eigenvalue weighted by atomic mass is 31.2. The second-order valence-electron chi connectivity index (χ2n) is 19.1. The number of ether oxygens (including phenoxy) is 5. The van der Waals surface area contributed by atoms with E-state index < -0.39 is 30.5 Å². The molecule has 0 saturated carbocycles. The molecule has 3 aromatic rings. The molecule has 2 aromatic heterocycles. The number of primary amides is 1. The predicted molar refractivity (Wildman–Crippen MR) is 292 cm³/mol. The number of piperazine rings is 1. The zero-order valence-corrected chi connectivity index (χ0v) is 48.1. The maximum absolute atomic E-state index is 13.2. The van der Waals surface area contributed by atoms with Crippen molar-refractivity contribution < 1.29 is 61.9 Å². The van der Waals surface area contributed by atoms with E-state index in [0.717, 1.165) is 0 Å². The van der Waals surface area contributed by atoms with Crippen molar-refractivity contribution in [2.24, 2.45) is 5.73 Å². The van der Waals surface area contributed by atoms with Crippen molar-refractivity contribution in [3.8, 4) is 17.5 Å². The van der Waals surface area contributed by atoms with Crippen molar-refractivity contribution in [1.29, 1.82) is 0 Å². The van der Waals surface area contributed by atoms with Crippen LogP contribution in [0.25, 0.3) is 0 Å². The zero-order valence-electron chi connectivity index (χ0n) is 47.2. The van der Waals surface area contributed by atoms with E-state index >= 15 is 0 Å². The smallest absolute Gasteiger partial charge is 0.407 e. The minimum atomic E-state index is -2.67. The highest BCUT2D eigenvalue weighted by Gasteiger charge is 2.33. The lowest BCUT2D eigenvalue weighted by Gasteiger charge is -2.39. The number of nitro groups is 1. The van der Waals surface area contributed by atoms with Crippen molar-refractivity contribution in [2.75, 3.05) is 131 Å². The van der Waals surface area contributed by atoms with E-state index in [9.17, 15) is 43.4 Å². The van der Waals surface area contributed by atoms with Gasteiger partial charge >= 0.3 is 12.1 Å². The number of ketones is 1. The fraction of sp³-hybridized carbons (Fsp3) is 0.653. The number of nitrogens with two attached hydrogens (primary N) is 1. The number of likely N-dealkylation sites (N-methyl/N-ethyl adjacent to an activating group) is 1. The summed E-state index contributed by atoms with van der Waals surface area (Å²) in [4.78, 5) is 104. The van der Waals surface area contributed by atoms with Crippen LogP contribution in [0.3, 0.4) is 0 Å². The number of aromatic nitrogens is 6. The standard InChI is InChI=1S/C49H79N16O14P/c1-35(66)17-22-63-33-36(57-58-63)32-53-44(69)14-10-9-13-19-52-49(71)79-39(37-30-40(75-6)41(76-7)31-38(37)65(72)73)18-21-60(4)45(70)16-12-11-15-43(68)51-20-27-77-28-29-78-48-55-46(61(5)34-42(50)67)54-47(56-48)62-23-25-64(26-24-62)80(8,74)59(2)3/h30-31,33,39H,9-29,32,34H2,1-8H3,(H2,50,67)(H,51,68)(H,52,71)(H,53,69). The molecule has 2 atom stereocenters. The Kier molecular flexibility index (Phi) is 27.2. The number of carbonyl (C=O) groups is 6. The van der Waals surface area contributed by atoms with Crippen LogP contribution in [0.4, 0.5) is 22.4 Å². The van der Waals surface area contributed by atoms with Gasteiger partial charge in [-0.25, -0.2) is 14.1 Å². The molecule has 80 heavy (non-hydrogen) atoms. The van der Waals surface area contributed by atoms with E-state index in [1.54, 1.807) is 50.4 Å². The maximum atomic E-state index is 13.2. The van der Waals surface area contributed by atoms with Gasteiger partial charge in [0.05, 0.1) is 63.3 Å². The van der Waals surface area contributed by atoms with Gasteiger partial charge in [-0.1, -0.05) is 11.6 Å². The average Bonchev–Trinajstić information content (AvgIpc) is 3.92. The number of anilines is 2. The Bertz CT molecular complexity index is 2580. The van der Waals surface area contributed by atoms with Gasteiger partial charge in [-0.2, -0.15) is 15.0 Å². The molecular weight excluding hydrogens is 1070 g/mol. The number of Topliss-reactive ketones (excluding diaryl/α,β-unsaturated/α-hetero) is 1. The lowest BCUT2D eigenvalue weighted by atomic mass is 10.0. The highest BCUT2D eigenvalue weighted by molar-refractivity contribution is 7.58. The van der Waals surface area contributed by atoms with Crippen LogP contribution in [0.5, 0.6) is 17.5 Å². The molecule has 5 N–H and O–H groups in total. The fourth-order valence-corrected chi connectivity index (χ4v) is 9.40. The minimum absolute atomic E-state index is 0.0111. The number of hydrogen-bond acceptors (Lipinski definition) is 21. The van der Waals surface area contributed by atoms with Gasteiger partial charge in [0.15, 0.2) is 11.5 Å². The topological polar surface area (TPSA) is 356 Å². The number of amides is 5. The lowest BCUT2D eigenvalue weighted by molar-refractivity contribution is -0.386. The first-order valence-electron chi connectivity index (χ1n) is 26.3. The maximum Gasteiger partial charge on any atom is 0.407 e. The van der Waals surface area contributed by atoms with Crippen molar-refractivity contribution in [1.82, 2.24) is 60.1 Å². The molecule has 1 aromatic carbocycles. The largest absolute Gasteiger partial charge is 0.493 e. The Morgan fingerprint density at radius 2 is 1.51 bits per heavy atom. The van der Waals surface area contributed by atoms with Crippen molar-refractivity contribution in [2.45, 2.75) is 90.3 Å². The third kappa shape index (κ3) is 22.1. The Balaban J connectivity index is 1.17. The van der Waals surface area contributed by atoms with Crippen LogP contribution in [0.15, 0.2) is 18.3 Å². The predicted octanol–water partition coefficient (Wildman–Crippen LogP) is 2.06. The molecule has 1 aliphatic heterocycles. The summed E-state index contributed by atoms with van der Waals surface area (Å²) in [6.07, 6.45) is 2.97. The number of alkyl carbamates (subject to hydrolysis) is 1. The fourth-order valence-electron chi connectivity index (χ4n) is 7.97. The van der Waals surface area contributed by atoms with Gasteiger partial charge in [0.2, 0.25) is 43.0 Å². The summed E-state index contributed by atoms with van der Waals surface area (Å²) in [6.45, 7) is 6.61. The van der Waals surface area contributed by atoms with E-state index in [2.05, 4.69) is 41.2 Å². The van der Waals surface area contributed by atoms with E-state index in [0.29, 0.717) is 82.9 Å². The molecule has 1 aliphatic rings. The molecule has 4 rings (SSSR count). The third-order valence-corrected chi connectivity index (χ3v) is 15.7. The van der Waals surface area contributed by atoms with Gasteiger partial charge < -0.3 is 60.1 Å². The Labute approximate surface area is 465 Å². The summed E-state index contributed by atoms with van der Waals surface area (Å²) in [5.74, 6) is -0.406. The molecule has 0 radical (unpaired) electrons. The van der Waals surface area contributed by atoms with Crippen molar-refractivity contribution in [3.63, 3.8) is 0 Å². The first-order chi connectivity index (χ1) is 38.1. The number of nitrogens with zero attached hydrogens (tertiary/aromatic N) is 12. The quantitative estimate of drug-likeness (QED) is 0.0278. The molecule has 2 unspecified atom stereocenters. The number of hydrogen-bond donors (Lipinski definition) is 4. The Morgan fingerprint density at radius 1 is 0.838 bits per heavy atom. The molecule has 5 amide bonds. The number of rotatable bonds is 37. The monoisotopic (exact) mass is 1150 g/mol. The van der Waals surface area contributed by atoms with Crippen LogP contribution in [0.2, 0.25) is 0 Å². The summed E-state index contributed by atoms with van der Waals surface area (Å²) in [5.41, 5.74) is 5.63. The first kappa shape index (κ1) is 65.2. The molecule has 1 saturated heterocycles. The number of methoxy groups -OCH3 is 2. The lowest BCUT2D eigenvalue weighted by Crippen LogP contribution is -2.47. The van der Waals surface area contributed by atoms with Crippen LogP contribution < -0.4 is 45.7 Å². The van der Waals surface area contributed by atoms with E-state index in [1.807, 2.05) is 9.57 Å². The van der Waals surface area contributed by atoms with Gasteiger partial charge in [0.25, 0.3) is 5.69 Å². The molecule has 0 aliphatic carbocycles. The van der Waals surface area contributed by atoms with Crippen molar-refractivity contribution in [3.05, 3.63) is 39.7 Å². The average molecular weight is 1150 g/mol. The van der Waals surface area contributed by atoms with Crippen LogP contribution in [-0.4, -0.2) is 206 Å². The first-order valence-corrected chi connectivity index (χ1v) is 28.4. The number of carbonyl (C=O) groups excluding carboxylic acids is 6. The molecular formula is C49H79N16O14P. The summed E-state index contributed by atoms with van der Waals surface area (Å²) in [6, 6.07) is 2.56. The van der Waals surface area contributed by atoms with Gasteiger partial charge in [0, 0.05) is 105 Å². The number of benzene rings is 1. The number of nitro benzene ring substituents is 1. The van der Waals surface area contributed by atoms with Gasteiger partial charge in [-0.15, -0.1) is 5.10 Å². The second-order valence-corrected chi connectivity index (χ2v) is 22.2. The van der Waals surface area contributed by atoms with E-state index in [4.69, 9.17) is 29.4 Å². The molecule has 0 spiro atoms. The highest BCUT2D eigenvalue weighted by Crippen LogP contribution is 2.48. The van der Waals surface area contributed by atoms with E-state index in [1.165, 1.54) is 43.1 Å². The Morgan fingerprint density at radius 3 is 2.17 bits per heavy atom. The van der Waals surface area contributed by atoms with Gasteiger partial charge in [0.1, 0.15) is 24.2 Å². The summed E-state index contributed by atoms with van der Waals surface area (Å²) in [7, 11) is 6.79. The van der Waals surface area contributed by atoms with Crippen LogP contribution in [0.1, 0.15) is 88.5 Å². The summed E-state index contributed by atoms with van der Waals surface area (Å²) < 4.78 is 46.3. The normalized spacial score (nSPS) is 13.6. The van der Waals surface area contributed by atoms with Crippen LogP contribution >= 0.6 is 7.44 Å². The van der Waals surface area contributed by atoms with E-state index in [-0.39, 0.29) is 136 Å². The zero-order chi connectivity index (χ0) is 58.8. The SMILES string of the molecule is COc1cc(C(CCN(C)C(=O)CCCCC(=O)NCCOCCOc2nc(N(C)CC(N)=O)nc(N3CCN(P(C)(=O)N(C)C)CC3)n2)OC(=O)NCCCCCC(=O)NCc2cn(CCC(C)=O)nn2)c([N+](=O)[O-])cc1OC. The van der Waals surface area contributed by atoms with Gasteiger partial charge in [-0.05, 0) is 52.8 Å².